The number of nitrogens with zero attached hydrogens (tertiary/aromatic N) is 3. The number of carbonyl (C=O) groups is 2. The molecule has 2 aromatic rings. The lowest BCUT2D eigenvalue weighted by Gasteiger charge is -2.32. The van der Waals surface area contributed by atoms with Crippen molar-refractivity contribution < 1.29 is 19.4 Å². The zero-order valence-corrected chi connectivity index (χ0v) is 19.5. The number of imide groups is 1. The number of ether oxygens (including phenoxy) is 1. The Hall–Kier alpha value is -3.16. The Bertz CT molecular complexity index is 1040. The lowest BCUT2D eigenvalue weighted by Crippen LogP contribution is -2.43. The maximum atomic E-state index is 13.1. The fraction of sp³-hybridized carbons (Fsp3) is 0.385. The van der Waals surface area contributed by atoms with Gasteiger partial charge in [-0.15, -0.1) is 0 Å². The maximum absolute atomic E-state index is 13.1. The second-order valence-electron chi connectivity index (χ2n) is 9.14. The first kappa shape index (κ1) is 23.0. The first-order chi connectivity index (χ1) is 15.8. The summed E-state index contributed by atoms with van der Waals surface area (Å²) in [5.41, 5.74) is 2.07. The molecule has 1 N–H and O–H groups in total. The first-order valence-corrected chi connectivity index (χ1v) is 11.4. The van der Waals surface area contributed by atoms with Crippen LogP contribution < -0.4 is 9.64 Å². The molecule has 2 aromatic carbocycles. The van der Waals surface area contributed by atoms with Crippen LogP contribution in [0.2, 0.25) is 0 Å². The largest absolute Gasteiger partial charge is 0.502 e. The van der Waals surface area contributed by atoms with Crippen LogP contribution in [0.3, 0.4) is 0 Å². The van der Waals surface area contributed by atoms with E-state index >= 15 is 0 Å². The molecule has 2 amide bonds. The minimum absolute atomic E-state index is 0.0110. The van der Waals surface area contributed by atoms with Gasteiger partial charge in [0.1, 0.15) is 5.75 Å². The molecule has 0 aliphatic carbocycles. The Morgan fingerprint density at radius 2 is 1.55 bits per heavy atom. The van der Waals surface area contributed by atoms with Crippen LogP contribution in [0.5, 0.6) is 5.75 Å². The van der Waals surface area contributed by atoms with Gasteiger partial charge in [-0.25, -0.2) is 4.90 Å². The molecule has 0 bridgehead atoms. The van der Waals surface area contributed by atoms with Crippen molar-refractivity contribution in [2.75, 3.05) is 44.7 Å². The smallest absolute Gasteiger partial charge is 0.301 e. The number of carbonyl (C=O) groups excluding carboxylic acids is 2. The van der Waals surface area contributed by atoms with Crippen molar-refractivity contribution in [1.82, 2.24) is 9.80 Å². The lowest BCUT2D eigenvalue weighted by molar-refractivity contribution is -0.121. The molecule has 0 atom stereocenters. The molecule has 174 valence electrons. The summed E-state index contributed by atoms with van der Waals surface area (Å²) in [6, 6.07) is 14.3. The minimum Gasteiger partial charge on any atom is -0.502 e. The number of anilines is 1. The fourth-order valence-corrected chi connectivity index (χ4v) is 4.01. The van der Waals surface area contributed by atoms with E-state index in [0.717, 1.165) is 43.2 Å². The van der Waals surface area contributed by atoms with E-state index in [1.54, 1.807) is 36.4 Å². The van der Waals surface area contributed by atoms with E-state index in [9.17, 15) is 14.7 Å². The Morgan fingerprint density at radius 1 is 0.909 bits per heavy atom. The van der Waals surface area contributed by atoms with Crippen molar-refractivity contribution in [2.45, 2.75) is 20.4 Å². The highest BCUT2D eigenvalue weighted by molar-refractivity contribution is 6.44. The highest BCUT2D eigenvalue weighted by atomic mass is 16.5. The number of hydrogen-bond acceptors (Lipinski definition) is 6. The summed E-state index contributed by atoms with van der Waals surface area (Å²) in [5, 5.41) is 10.5. The molecule has 7 nitrogen and oxygen atoms in total. The predicted molar refractivity (Wildman–Crippen MR) is 128 cm³/mol. The number of hydrogen-bond donors (Lipinski definition) is 1. The van der Waals surface area contributed by atoms with Crippen molar-refractivity contribution in [2.24, 2.45) is 5.92 Å². The molecule has 1 saturated heterocycles. The molecular weight excluding hydrogens is 418 g/mol. The molecule has 0 radical (unpaired) electrons. The summed E-state index contributed by atoms with van der Waals surface area (Å²) in [6.45, 7) is 9.68. The van der Waals surface area contributed by atoms with Crippen LogP contribution in [0.15, 0.2) is 54.3 Å². The molecule has 33 heavy (non-hydrogen) atoms. The average Bonchev–Trinajstić information content (AvgIpc) is 3.03. The Kier molecular flexibility index (Phi) is 6.81. The van der Waals surface area contributed by atoms with Crippen LogP contribution in [-0.4, -0.2) is 66.6 Å². The molecule has 7 heteroatoms. The van der Waals surface area contributed by atoms with Crippen molar-refractivity contribution in [3.63, 3.8) is 0 Å². The number of aliphatic hydroxyl groups excluding tert-OH is 1. The highest BCUT2D eigenvalue weighted by Crippen LogP contribution is 2.32. The number of aliphatic hydroxyl groups is 1. The molecule has 4 rings (SSSR count). The molecule has 0 spiro atoms. The molecule has 0 aromatic heterocycles. The van der Waals surface area contributed by atoms with Gasteiger partial charge in [0.15, 0.2) is 5.76 Å². The molecule has 2 heterocycles. The van der Waals surface area contributed by atoms with E-state index in [-0.39, 0.29) is 5.57 Å². The molecular formula is C26H31N3O4. The number of benzene rings is 2. The Morgan fingerprint density at radius 3 is 2.15 bits per heavy atom. The summed E-state index contributed by atoms with van der Waals surface area (Å²) >= 11 is 0. The van der Waals surface area contributed by atoms with Gasteiger partial charge in [-0.2, -0.15) is 0 Å². The van der Waals surface area contributed by atoms with E-state index in [1.807, 2.05) is 12.1 Å². The summed E-state index contributed by atoms with van der Waals surface area (Å²) in [5.74, 6) is -0.691. The molecule has 0 unspecified atom stereocenters. The van der Waals surface area contributed by atoms with Gasteiger partial charge in [0, 0.05) is 32.7 Å². The van der Waals surface area contributed by atoms with Crippen molar-refractivity contribution in [3.05, 3.63) is 65.4 Å². The normalized spacial score (nSPS) is 18.0. The van der Waals surface area contributed by atoms with Crippen LogP contribution in [-0.2, 0) is 16.1 Å². The summed E-state index contributed by atoms with van der Waals surface area (Å²) < 4.78 is 5.67. The van der Waals surface area contributed by atoms with Gasteiger partial charge >= 0.3 is 5.91 Å². The third kappa shape index (κ3) is 5.10. The predicted octanol–water partition coefficient (Wildman–Crippen LogP) is 3.31. The van der Waals surface area contributed by atoms with Gasteiger partial charge < -0.3 is 14.7 Å². The van der Waals surface area contributed by atoms with E-state index in [1.165, 1.54) is 0 Å². The van der Waals surface area contributed by atoms with Crippen molar-refractivity contribution >= 4 is 23.1 Å². The summed E-state index contributed by atoms with van der Waals surface area (Å²) in [6.07, 6.45) is 0. The Labute approximate surface area is 194 Å². The number of piperazine rings is 1. The zero-order valence-electron chi connectivity index (χ0n) is 19.5. The number of rotatable bonds is 7. The third-order valence-corrected chi connectivity index (χ3v) is 5.98. The van der Waals surface area contributed by atoms with Gasteiger partial charge in [-0.3, -0.25) is 14.5 Å². The van der Waals surface area contributed by atoms with E-state index < -0.39 is 17.6 Å². The second-order valence-corrected chi connectivity index (χ2v) is 9.14. The summed E-state index contributed by atoms with van der Waals surface area (Å²) in [4.78, 5) is 31.6. The van der Waals surface area contributed by atoms with Crippen LogP contribution in [0.4, 0.5) is 5.69 Å². The number of amides is 2. The van der Waals surface area contributed by atoms with Gasteiger partial charge in [0.25, 0.3) is 5.91 Å². The van der Waals surface area contributed by atoms with Crippen LogP contribution in [0.25, 0.3) is 5.57 Å². The number of likely N-dealkylation sites (N-methyl/N-ethyl adjacent to an activating group) is 1. The van der Waals surface area contributed by atoms with E-state index in [4.69, 9.17) is 4.74 Å². The average molecular weight is 450 g/mol. The first-order valence-electron chi connectivity index (χ1n) is 11.4. The van der Waals surface area contributed by atoms with Gasteiger partial charge in [-0.05, 0) is 48.4 Å². The Balaban J connectivity index is 1.46. The molecule has 1 fully saturated rings. The lowest BCUT2D eigenvalue weighted by atomic mass is 10.1. The molecule has 2 aliphatic rings. The summed E-state index contributed by atoms with van der Waals surface area (Å²) in [7, 11) is 2.13. The highest BCUT2D eigenvalue weighted by Gasteiger charge is 2.40. The van der Waals surface area contributed by atoms with E-state index in [0.29, 0.717) is 29.5 Å². The quantitative estimate of drug-likeness (QED) is 0.654. The van der Waals surface area contributed by atoms with Crippen molar-refractivity contribution in [1.29, 1.82) is 0 Å². The topological polar surface area (TPSA) is 73.3 Å². The minimum atomic E-state index is -0.707. The standard InChI is InChI=1S/C26H31N3O4/c1-18(2)17-33-22-10-6-20(7-11-22)23-24(30)26(32)29(25(23)31)21-8-4-19(5-9-21)16-28-14-12-27(3)13-15-28/h4-11,18,30H,12-17H2,1-3H3. The van der Waals surface area contributed by atoms with Crippen LogP contribution in [0, 0.1) is 5.92 Å². The second kappa shape index (κ2) is 9.77. The van der Waals surface area contributed by atoms with Gasteiger partial charge in [0.2, 0.25) is 0 Å². The van der Waals surface area contributed by atoms with Crippen LogP contribution in [0.1, 0.15) is 25.0 Å². The van der Waals surface area contributed by atoms with Crippen molar-refractivity contribution in [3.8, 4) is 5.75 Å². The SMILES string of the molecule is CC(C)COc1ccc(C2=C(O)C(=O)N(c3ccc(CN4CCN(C)CC4)cc3)C2=O)cc1. The van der Waals surface area contributed by atoms with Crippen LogP contribution >= 0.6 is 0 Å². The monoisotopic (exact) mass is 449 g/mol. The zero-order chi connectivity index (χ0) is 23.5. The molecule has 0 saturated carbocycles. The molecule has 2 aliphatic heterocycles. The maximum Gasteiger partial charge on any atom is 0.301 e. The fourth-order valence-electron chi connectivity index (χ4n) is 4.01. The van der Waals surface area contributed by atoms with Gasteiger partial charge in [-0.1, -0.05) is 38.1 Å². The van der Waals surface area contributed by atoms with Gasteiger partial charge in [0.05, 0.1) is 17.9 Å². The third-order valence-electron chi connectivity index (χ3n) is 5.98. The van der Waals surface area contributed by atoms with E-state index in [2.05, 4.69) is 30.7 Å².